The Balaban J connectivity index is 2.46. The molecule has 1 fully saturated rings. The molecule has 13 heavy (non-hydrogen) atoms. The molecule has 1 aliphatic heterocycles. The fraction of sp³-hybridized carbons (Fsp3) is 0.800. The van der Waals surface area contributed by atoms with Gasteiger partial charge in [-0.05, 0) is 31.3 Å². The van der Waals surface area contributed by atoms with Crippen LogP contribution < -0.4 is 0 Å². The first kappa shape index (κ1) is 10.4. The number of rotatable bonds is 3. The van der Waals surface area contributed by atoms with E-state index in [1.165, 1.54) is 6.42 Å². The summed E-state index contributed by atoms with van der Waals surface area (Å²) in [6.45, 7) is 10.0. The van der Waals surface area contributed by atoms with E-state index < -0.39 is 0 Å². The van der Waals surface area contributed by atoms with Crippen LogP contribution in [0.5, 0.6) is 0 Å². The van der Waals surface area contributed by atoms with Crippen molar-refractivity contribution in [2.75, 3.05) is 13.1 Å². The molecule has 0 aromatic heterocycles. The molecular formula is C10H19NO2. The Morgan fingerprint density at radius 2 is 2.31 bits per heavy atom. The minimum absolute atomic E-state index is 0.380. The molecule has 3 nitrogen and oxygen atoms in total. The minimum atomic E-state index is 0.380. The van der Waals surface area contributed by atoms with E-state index in [1.807, 2.05) is 4.90 Å². The Hall–Kier alpha value is -0.700. The van der Waals surface area contributed by atoms with Gasteiger partial charge in [-0.2, -0.15) is 0 Å². The molecule has 0 aromatic carbocycles. The Morgan fingerprint density at radius 3 is 2.85 bits per heavy atom. The second-order valence-electron chi connectivity index (χ2n) is 4.08. The summed E-state index contributed by atoms with van der Waals surface area (Å²) in [6, 6.07) is 0. The zero-order valence-electron chi connectivity index (χ0n) is 8.49. The number of hydrogen-bond donors (Lipinski definition) is 1. The van der Waals surface area contributed by atoms with E-state index in [2.05, 4.69) is 25.3 Å². The van der Waals surface area contributed by atoms with Crippen molar-refractivity contribution in [1.29, 1.82) is 0 Å². The highest BCUT2D eigenvalue weighted by Gasteiger charge is 2.23. The van der Waals surface area contributed by atoms with Crippen molar-refractivity contribution in [1.82, 2.24) is 4.90 Å². The van der Waals surface area contributed by atoms with Gasteiger partial charge in [0.25, 0.3) is 0 Å². The molecule has 0 amide bonds. The van der Waals surface area contributed by atoms with Crippen molar-refractivity contribution in [2.45, 2.75) is 26.7 Å². The summed E-state index contributed by atoms with van der Waals surface area (Å²) in [4.78, 5) is 6.16. The van der Waals surface area contributed by atoms with Gasteiger partial charge >= 0.3 is 0 Å². The standard InChI is InChI=1S/C10H19NO2/c1-8(2)10-5-4-6-11(7-10)9(3)13-12/h8,10,12H,3-7H2,1-2H3. The summed E-state index contributed by atoms with van der Waals surface area (Å²) in [5, 5.41) is 8.47. The molecule has 1 N–H and O–H groups in total. The maximum Gasteiger partial charge on any atom is 0.225 e. The first-order chi connectivity index (χ1) is 6.15. The van der Waals surface area contributed by atoms with Gasteiger partial charge in [-0.15, -0.1) is 0 Å². The van der Waals surface area contributed by atoms with Crippen molar-refractivity contribution >= 4 is 0 Å². The third kappa shape index (κ3) is 2.62. The van der Waals surface area contributed by atoms with Crippen LogP contribution in [0.4, 0.5) is 0 Å². The lowest BCUT2D eigenvalue weighted by molar-refractivity contribution is -0.226. The van der Waals surface area contributed by atoms with E-state index in [0.29, 0.717) is 17.7 Å². The Bertz CT molecular complexity index is 180. The van der Waals surface area contributed by atoms with Crippen molar-refractivity contribution in [3.05, 3.63) is 12.5 Å². The molecule has 0 saturated carbocycles. The van der Waals surface area contributed by atoms with Crippen LogP contribution in [0.2, 0.25) is 0 Å². The quantitative estimate of drug-likeness (QED) is 0.416. The number of nitrogens with zero attached hydrogens (tertiary/aromatic N) is 1. The predicted molar refractivity (Wildman–Crippen MR) is 52.0 cm³/mol. The topological polar surface area (TPSA) is 32.7 Å². The molecule has 1 aliphatic rings. The predicted octanol–water partition coefficient (Wildman–Crippen LogP) is 2.32. The number of piperidine rings is 1. The first-order valence-corrected chi connectivity index (χ1v) is 4.90. The van der Waals surface area contributed by atoms with Crippen LogP contribution in [-0.2, 0) is 4.89 Å². The van der Waals surface area contributed by atoms with Gasteiger partial charge in [0.2, 0.25) is 5.88 Å². The largest absolute Gasteiger partial charge is 0.340 e. The van der Waals surface area contributed by atoms with Crippen molar-refractivity contribution in [2.24, 2.45) is 11.8 Å². The van der Waals surface area contributed by atoms with Crippen molar-refractivity contribution in [3.63, 3.8) is 0 Å². The summed E-state index contributed by atoms with van der Waals surface area (Å²) in [5.74, 6) is 1.76. The highest BCUT2D eigenvalue weighted by Crippen LogP contribution is 2.25. The van der Waals surface area contributed by atoms with Crippen LogP contribution in [0.25, 0.3) is 0 Å². The first-order valence-electron chi connectivity index (χ1n) is 4.90. The summed E-state index contributed by atoms with van der Waals surface area (Å²) < 4.78 is 0. The van der Waals surface area contributed by atoms with E-state index in [1.54, 1.807) is 0 Å². The lowest BCUT2D eigenvalue weighted by Gasteiger charge is -2.35. The van der Waals surface area contributed by atoms with Gasteiger partial charge in [0.05, 0.1) is 0 Å². The fourth-order valence-corrected chi connectivity index (χ4v) is 1.84. The fourth-order valence-electron chi connectivity index (χ4n) is 1.84. The molecule has 1 heterocycles. The molecule has 0 spiro atoms. The molecule has 1 rings (SSSR count). The Labute approximate surface area is 79.9 Å². The third-order valence-corrected chi connectivity index (χ3v) is 2.86. The number of likely N-dealkylation sites (tertiary alicyclic amines) is 1. The van der Waals surface area contributed by atoms with Gasteiger partial charge in [0, 0.05) is 13.1 Å². The molecule has 3 heteroatoms. The highest BCUT2D eigenvalue weighted by atomic mass is 17.1. The van der Waals surface area contributed by atoms with Gasteiger partial charge in [0.1, 0.15) is 0 Å². The molecule has 1 unspecified atom stereocenters. The zero-order chi connectivity index (χ0) is 9.84. The summed E-state index contributed by atoms with van der Waals surface area (Å²) >= 11 is 0. The van der Waals surface area contributed by atoms with Crippen LogP contribution in [-0.4, -0.2) is 23.2 Å². The van der Waals surface area contributed by atoms with Gasteiger partial charge < -0.3 is 9.79 Å². The van der Waals surface area contributed by atoms with E-state index >= 15 is 0 Å². The van der Waals surface area contributed by atoms with Gasteiger partial charge in [-0.3, -0.25) is 0 Å². The highest BCUT2D eigenvalue weighted by molar-refractivity contribution is 4.87. The second-order valence-corrected chi connectivity index (χ2v) is 4.08. The van der Waals surface area contributed by atoms with E-state index in [4.69, 9.17) is 5.26 Å². The number of hydrogen-bond acceptors (Lipinski definition) is 3. The molecule has 1 saturated heterocycles. The van der Waals surface area contributed by atoms with E-state index in [9.17, 15) is 0 Å². The summed E-state index contributed by atoms with van der Waals surface area (Å²) in [5.41, 5.74) is 0. The summed E-state index contributed by atoms with van der Waals surface area (Å²) in [7, 11) is 0. The Morgan fingerprint density at radius 1 is 1.62 bits per heavy atom. The maximum atomic E-state index is 8.47. The van der Waals surface area contributed by atoms with Crippen LogP contribution in [0, 0.1) is 11.8 Å². The van der Waals surface area contributed by atoms with Crippen LogP contribution in [0.3, 0.4) is 0 Å². The molecule has 0 aliphatic carbocycles. The zero-order valence-corrected chi connectivity index (χ0v) is 8.49. The molecule has 76 valence electrons. The molecular weight excluding hydrogens is 166 g/mol. The van der Waals surface area contributed by atoms with Gasteiger partial charge in [-0.25, -0.2) is 5.26 Å². The monoisotopic (exact) mass is 185 g/mol. The average Bonchev–Trinajstić information content (AvgIpc) is 2.17. The smallest absolute Gasteiger partial charge is 0.225 e. The van der Waals surface area contributed by atoms with Crippen molar-refractivity contribution < 1.29 is 10.1 Å². The van der Waals surface area contributed by atoms with E-state index in [-0.39, 0.29) is 0 Å². The van der Waals surface area contributed by atoms with Crippen molar-refractivity contribution in [3.8, 4) is 0 Å². The van der Waals surface area contributed by atoms with Crippen LogP contribution in [0.1, 0.15) is 26.7 Å². The molecule has 0 bridgehead atoms. The Kier molecular flexibility index (Phi) is 3.60. The van der Waals surface area contributed by atoms with Gasteiger partial charge in [0.15, 0.2) is 0 Å². The normalized spacial score (nSPS) is 23.4. The molecule has 0 radical (unpaired) electrons. The third-order valence-electron chi connectivity index (χ3n) is 2.86. The average molecular weight is 185 g/mol. The molecule has 1 atom stereocenters. The van der Waals surface area contributed by atoms with E-state index in [0.717, 1.165) is 19.5 Å². The maximum absolute atomic E-state index is 8.47. The minimum Gasteiger partial charge on any atom is -0.340 e. The van der Waals surface area contributed by atoms with Crippen LogP contribution in [0.15, 0.2) is 12.5 Å². The SMILES string of the molecule is C=C(OO)N1CCCC(C(C)C)C1. The lowest BCUT2D eigenvalue weighted by Crippen LogP contribution is -2.36. The van der Waals surface area contributed by atoms with Gasteiger partial charge in [-0.1, -0.05) is 13.8 Å². The summed E-state index contributed by atoms with van der Waals surface area (Å²) in [6.07, 6.45) is 2.43. The van der Waals surface area contributed by atoms with Crippen LogP contribution >= 0.6 is 0 Å². The second kappa shape index (κ2) is 4.51. The molecule has 0 aromatic rings. The lowest BCUT2D eigenvalue weighted by atomic mass is 9.88.